The van der Waals surface area contributed by atoms with Gasteiger partial charge in [0, 0.05) is 0 Å². The summed E-state index contributed by atoms with van der Waals surface area (Å²) in [6, 6.07) is 0.0315. The van der Waals surface area contributed by atoms with Crippen molar-refractivity contribution in [2.75, 3.05) is 12.4 Å². The average molecular weight is 275 g/mol. The fourth-order valence-electron chi connectivity index (χ4n) is 1.48. The molecule has 0 aliphatic carbocycles. The molecule has 0 aliphatic heterocycles. The average Bonchev–Trinajstić information content (AvgIpc) is 2.35. The van der Waals surface area contributed by atoms with Crippen LogP contribution >= 0.6 is 11.6 Å². The molecule has 7 nitrogen and oxygen atoms in total. The van der Waals surface area contributed by atoms with Crippen LogP contribution in [0, 0.1) is 0 Å². The third-order valence-corrected chi connectivity index (χ3v) is 2.91. The number of nitrogens with one attached hydrogen (secondary N) is 1. The number of hydrogen-bond acceptors (Lipinski definition) is 6. The van der Waals surface area contributed by atoms with Crippen molar-refractivity contribution >= 4 is 23.5 Å². The summed E-state index contributed by atoms with van der Waals surface area (Å²) >= 11 is 5.69. The van der Waals surface area contributed by atoms with Crippen molar-refractivity contribution in [1.29, 1.82) is 0 Å². The van der Waals surface area contributed by atoms with E-state index in [0.717, 1.165) is 0 Å². The van der Waals surface area contributed by atoms with Crippen LogP contribution in [0.15, 0.2) is 0 Å². The number of anilines is 1. The molecule has 1 heterocycles. The summed E-state index contributed by atoms with van der Waals surface area (Å²) in [5, 5.41) is 12.0. The lowest BCUT2D eigenvalue weighted by Crippen LogP contribution is -2.45. The normalized spacial score (nSPS) is 11.1. The van der Waals surface area contributed by atoms with Gasteiger partial charge in [0.1, 0.15) is 5.54 Å². The van der Waals surface area contributed by atoms with Crippen LogP contribution in [0.2, 0.25) is 5.28 Å². The Morgan fingerprint density at radius 3 is 2.44 bits per heavy atom. The van der Waals surface area contributed by atoms with Crippen LogP contribution in [0.5, 0.6) is 6.01 Å². The second-order valence-corrected chi connectivity index (χ2v) is 3.97. The van der Waals surface area contributed by atoms with Crippen LogP contribution in [0.4, 0.5) is 5.95 Å². The fourth-order valence-corrected chi connectivity index (χ4v) is 1.63. The number of carboxylic acids is 1. The molecule has 100 valence electrons. The molecule has 0 saturated carbocycles. The van der Waals surface area contributed by atoms with Gasteiger partial charge in [-0.05, 0) is 24.4 Å². The molecule has 0 atom stereocenters. The SMILES string of the molecule is CCC(CC)(Nc1nc(Cl)nc(OC)n1)C(=O)O. The zero-order valence-corrected chi connectivity index (χ0v) is 11.2. The Morgan fingerprint density at radius 2 is 2.00 bits per heavy atom. The Morgan fingerprint density at radius 1 is 1.39 bits per heavy atom. The van der Waals surface area contributed by atoms with Crippen LogP contribution in [-0.4, -0.2) is 38.7 Å². The van der Waals surface area contributed by atoms with Gasteiger partial charge in [-0.25, -0.2) is 4.79 Å². The Kier molecular flexibility index (Phi) is 4.66. The minimum atomic E-state index is -1.13. The molecule has 0 fully saturated rings. The molecule has 0 radical (unpaired) electrons. The maximum absolute atomic E-state index is 11.3. The van der Waals surface area contributed by atoms with E-state index >= 15 is 0 Å². The van der Waals surface area contributed by atoms with E-state index in [9.17, 15) is 9.90 Å². The molecule has 0 saturated heterocycles. The number of aliphatic carboxylic acids is 1. The number of halogens is 1. The van der Waals surface area contributed by atoms with Crippen molar-refractivity contribution in [2.24, 2.45) is 0 Å². The molecule has 0 unspecified atom stereocenters. The molecule has 1 aromatic heterocycles. The maximum Gasteiger partial charge on any atom is 0.329 e. The van der Waals surface area contributed by atoms with Gasteiger partial charge in [-0.1, -0.05) is 13.8 Å². The van der Waals surface area contributed by atoms with Gasteiger partial charge in [0.15, 0.2) is 0 Å². The second kappa shape index (κ2) is 5.81. The molecule has 1 aromatic rings. The molecular weight excluding hydrogens is 260 g/mol. The van der Waals surface area contributed by atoms with E-state index in [4.69, 9.17) is 16.3 Å². The first-order valence-corrected chi connectivity index (χ1v) is 5.82. The predicted octanol–water partition coefficient (Wildman–Crippen LogP) is 1.59. The quantitative estimate of drug-likeness (QED) is 0.813. The zero-order valence-electron chi connectivity index (χ0n) is 10.4. The van der Waals surface area contributed by atoms with E-state index < -0.39 is 11.5 Å². The van der Waals surface area contributed by atoms with Crippen molar-refractivity contribution in [3.8, 4) is 6.01 Å². The largest absolute Gasteiger partial charge is 0.480 e. The summed E-state index contributed by atoms with van der Waals surface area (Å²) in [6.45, 7) is 3.54. The van der Waals surface area contributed by atoms with Gasteiger partial charge in [-0.3, -0.25) is 0 Å². The highest BCUT2D eigenvalue weighted by Gasteiger charge is 2.35. The number of carbonyl (C=O) groups is 1. The third kappa shape index (κ3) is 2.98. The van der Waals surface area contributed by atoms with Gasteiger partial charge in [-0.15, -0.1) is 0 Å². The summed E-state index contributed by atoms with van der Waals surface area (Å²) in [5.41, 5.74) is -1.13. The number of rotatable bonds is 6. The van der Waals surface area contributed by atoms with Gasteiger partial charge < -0.3 is 15.2 Å². The molecule has 8 heteroatoms. The molecule has 0 aromatic carbocycles. The van der Waals surface area contributed by atoms with Gasteiger partial charge in [0.25, 0.3) is 0 Å². The zero-order chi connectivity index (χ0) is 13.8. The predicted molar refractivity (Wildman–Crippen MR) is 66.0 cm³/mol. The Labute approximate surface area is 110 Å². The van der Waals surface area contributed by atoms with Crippen LogP contribution in [-0.2, 0) is 4.79 Å². The molecule has 0 bridgehead atoms. The smallest absolute Gasteiger partial charge is 0.329 e. The van der Waals surface area contributed by atoms with Crippen molar-refractivity contribution in [1.82, 2.24) is 15.0 Å². The topological polar surface area (TPSA) is 97.2 Å². The first-order chi connectivity index (χ1) is 8.47. The fraction of sp³-hybridized carbons (Fsp3) is 0.600. The number of aromatic nitrogens is 3. The number of carboxylic acid groups (broad SMARTS) is 1. The lowest BCUT2D eigenvalue weighted by atomic mass is 9.93. The number of nitrogens with zero attached hydrogens (tertiary/aromatic N) is 3. The Bertz CT molecular complexity index is 437. The van der Waals surface area contributed by atoms with Crippen LogP contribution in [0.1, 0.15) is 26.7 Å². The monoisotopic (exact) mass is 274 g/mol. The minimum Gasteiger partial charge on any atom is -0.480 e. The van der Waals surface area contributed by atoms with Crippen molar-refractivity contribution in [2.45, 2.75) is 32.2 Å². The highest BCUT2D eigenvalue weighted by molar-refractivity contribution is 6.28. The van der Waals surface area contributed by atoms with Crippen LogP contribution in [0.25, 0.3) is 0 Å². The van der Waals surface area contributed by atoms with Crippen molar-refractivity contribution in [3.05, 3.63) is 5.28 Å². The number of methoxy groups -OCH3 is 1. The summed E-state index contributed by atoms with van der Waals surface area (Å²) in [5.74, 6) is -0.888. The van der Waals surface area contributed by atoms with Gasteiger partial charge >= 0.3 is 12.0 Å². The number of ether oxygens (including phenoxy) is 1. The van der Waals surface area contributed by atoms with E-state index in [-0.39, 0.29) is 17.2 Å². The van der Waals surface area contributed by atoms with E-state index in [1.165, 1.54) is 7.11 Å². The first kappa shape index (κ1) is 14.4. The minimum absolute atomic E-state index is 0.0315. The maximum atomic E-state index is 11.3. The van der Waals surface area contributed by atoms with Crippen LogP contribution < -0.4 is 10.1 Å². The molecule has 1 rings (SSSR count). The van der Waals surface area contributed by atoms with Gasteiger partial charge in [-0.2, -0.15) is 15.0 Å². The van der Waals surface area contributed by atoms with E-state index in [1.54, 1.807) is 13.8 Å². The third-order valence-electron chi connectivity index (χ3n) is 2.74. The second-order valence-electron chi connectivity index (χ2n) is 3.63. The Balaban J connectivity index is 3.08. The molecule has 2 N–H and O–H groups in total. The molecular formula is C10H15ClN4O3. The van der Waals surface area contributed by atoms with E-state index in [0.29, 0.717) is 12.8 Å². The summed E-state index contributed by atoms with van der Waals surface area (Å²) in [7, 11) is 1.39. The highest BCUT2D eigenvalue weighted by Crippen LogP contribution is 2.22. The van der Waals surface area contributed by atoms with Crippen LogP contribution in [0.3, 0.4) is 0 Å². The lowest BCUT2D eigenvalue weighted by Gasteiger charge is -2.27. The standard InChI is InChI=1S/C10H15ClN4O3/c1-4-10(5-2,6(16)17)15-8-12-7(11)13-9(14-8)18-3/h4-5H2,1-3H3,(H,16,17)(H,12,13,14,15). The summed E-state index contributed by atoms with van der Waals surface area (Å²) in [6.07, 6.45) is 0.759. The van der Waals surface area contributed by atoms with Crippen molar-refractivity contribution < 1.29 is 14.6 Å². The first-order valence-electron chi connectivity index (χ1n) is 5.44. The van der Waals surface area contributed by atoms with E-state index in [2.05, 4.69) is 20.3 Å². The summed E-state index contributed by atoms with van der Waals surface area (Å²) < 4.78 is 4.84. The lowest BCUT2D eigenvalue weighted by molar-refractivity contribution is -0.142. The van der Waals surface area contributed by atoms with Crippen molar-refractivity contribution in [3.63, 3.8) is 0 Å². The molecule has 0 spiro atoms. The highest BCUT2D eigenvalue weighted by atomic mass is 35.5. The van der Waals surface area contributed by atoms with Gasteiger partial charge in [0.05, 0.1) is 7.11 Å². The van der Waals surface area contributed by atoms with Gasteiger partial charge in [0.2, 0.25) is 11.2 Å². The Hall–Kier alpha value is -1.63. The molecule has 0 aliphatic rings. The molecule has 18 heavy (non-hydrogen) atoms. The molecule has 0 amide bonds. The van der Waals surface area contributed by atoms with E-state index in [1.807, 2.05) is 0 Å². The number of hydrogen-bond donors (Lipinski definition) is 2. The summed E-state index contributed by atoms with van der Waals surface area (Å²) in [4.78, 5) is 22.8.